The molecule has 0 amide bonds. The van der Waals surface area contributed by atoms with E-state index in [1.54, 1.807) is 25.3 Å². The van der Waals surface area contributed by atoms with Gasteiger partial charge in [0.15, 0.2) is 17.3 Å². The van der Waals surface area contributed by atoms with E-state index in [4.69, 9.17) is 9.47 Å². The molecule has 0 saturated heterocycles. The van der Waals surface area contributed by atoms with E-state index in [1.165, 1.54) is 13.2 Å². The minimum absolute atomic E-state index is 0.159. The van der Waals surface area contributed by atoms with Crippen LogP contribution >= 0.6 is 0 Å². The SMILES string of the molecule is COc1ccc(Nc2nc3ccc(C(F)(F)F)cc3nc2-c2ccccc2)cc1OC. The van der Waals surface area contributed by atoms with Crippen LogP contribution in [0.3, 0.4) is 0 Å². The first-order valence-corrected chi connectivity index (χ1v) is 9.32. The van der Waals surface area contributed by atoms with Crippen molar-refractivity contribution in [2.75, 3.05) is 19.5 Å². The molecule has 8 heteroatoms. The molecule has 0 radical (unpaired) electrons. The van der Waals surface area contributed by atoms with Crippen molar-refractivity contribution in [1.29, 1.82) is 0 Å². The van der Waals surface area contributed by atoms with Crippen molar-refractivity contribution in [1.82, 2.24) is 9.97 Å². The van der Waals surface area contributed by atoms with Crippen LogP contribution in [0.1, 0.15) is 5.56 Å². The second kappa shape index (κ2) is 8.14. The van der Waals surface area contributed by atoms with Gasteiger partial charge in [0.1, 0.15) is 5.69 Å². The van der Waals surface area contributed by atoms with Gasteiger partial charge in [0.2, 0.25) is 0 Å². The zero-order chi connectivity index (χ0) is 22.0. The Labute approximate surface area is 176 Å². The number of rotatable bonds is 5. The molecule has 4 rings (SSSR count). The third kappa shape index (κ3) is 4.23. The first-order chi connectivity index (χ1) is 14.9. The van der Waals surface area contributed by atoms with Gasteiger partial charge in [0, 0.05) is 17.3 Å². The lowest BCUT2D eigenvalue weighted by atomic mass is 10.1. The van der Waals surface area contributed by atoms with Gasteiger partial charge in [0.05, 0.1) is 30.8 Å². The summed E-state index contributed by atoms with van der Waals surface area (Å²) in [4.78, 5) is 9.07. The molecule has 0 atom stereocenters. The van der Waals surface area contributed by atoms with Crippen LogP contribution in [0, 0.1) is 0 Å². The third-order valence-corrected chi connectivity index (χ3v) is 4.69. The molecule has 1 N–H and O–H groups in total. The summed E-state index contributed by atoms with van der Waals surface area (Å²) < 4.78 is 50.1. The van der Waals surface area contributed by atoms with E-state index < -0.39 is 11.7 Å². The third-order valence-electron chi connectivity index (χ3n) is 4.69. The molecule has 5 nitrogen and oxygen atoms in total. The van der Waals surface area contributed by atoms with Gasteiger partial charge in [-0.2, -0.15) is 13.2 Å². The molecule has 4 aromatic rings. The summed E-state index contributed by atoms with van der Waals surface area (Å²) in [6.07, 6.45) is -4.46. The van der Waals surface area contributed by atoms with Gasteiger partial charge in [-0.25, -0.2) is 9.97 Å². The van der Waals surface area contributed by atoms with Crippen molar-refractivity contribution in [3.05, 3.63) is 72.3 Å². The van der Waals surface area contributed by atoms with Crippen molar-refractivity contribution in [2.45, 2.75) is 6.18 Å². The lowest BCUT2D eigenvalue weighted by Gasteiger charge is -2.15. The number of fused-ring (bicyclic) bond motifs is 1. The highest BCUT2D eigenvalue weighted by molar-refractivity contribution is 5.85. The van der Waals surface area contributed by atoms with Crippen LogP contribution in [0.2, 0.25) is 0 Å². The van der Waals surface area contributed by atoms with Gasteiger partial charge in [-0.1, -0.05) is 30.3 Å². The fourth-order valence-corrected chi connectivity index (χ4v) is 3.17. The second-order valence-electron chi connectivity index (χ2n) is 6.68. The summed E-state index contributed by atoms with van der Waals surface area (Å²) in [7, 11) is 3.08. The van der Waals surface area contributed by atoms with Gasteiger partial charge in [-0.05, 0) is 30.3 Å². The topological polar surface area (TPSA) is 56.3 Å². The van der Waals surface area contributed by atoms with Gasteiger partial charge < -0.3 is 14.8 Å². The van der Waals surface area contributed by atoms with Crippen molar-refractivity contribution in [2.24, 2.45) is 0 Å². The maximum atomic E-state index is 13.2. The molecule has 0 fully saturated rings. The van der Waals surface area contributed by atoms with Crippen molar-refractivity contribution in [3.8, 4) is 22.8 Å². The van der Waals surface area contributed by atoms with Crippen molar-refractivity contribution < 1.29 is 22.6 Å². The Morgan fingerprint density at radius 2 is 1.52 bits per heavy atom. The van der Waals surface area contributed by atoms with E-state index in [0.29, 0.717) is 34.2 Å². The Balaban J connectivity index is 1.85. The van der Waals surface area contributed by atoms with Crippen LogP contribution in [0.25, 0.3) is 22.3 Å². The Hall–Kier alpha value is -3.81. The normalized spacial score (nSPS) is 11.4. The number of aromatic nitrogens is 2. The molecule has 1 aromatic heterocycles. The largest absolute Gasteiger partial charge is 0.493 e. The highest BCUT2D eigenvalue weighted by Crippen LogP contribution is 2.35. The number of hydrogen-bond donors (Lipinski definition) is 1. The van der Waals surface area contributed by atoms with E-state index in [1.807, 2.05) is 30.3 Å². The molecule has 0 aliphatic heterocycles. The highest BCUT2D eigenvalue weighted by Gasteiger charge is 2.30. The fourth-order valence-electron chi connectivity index (χ4n) is 3.17. The lowest BCUT2D eigenvalue weighted by Crippen LogP contribution is -2.06. The molecule has 0 aliphatic carbocycles. The molecular formula is C23H18F3N3O2. The van der Waals surface area contributed by atoms with Crippen LogP contribution in [-0.2, 0) is 6.18 Å². The molecule has 0 aliphatic rings. The average molecular weight is 425 g/mol. The summed E-state index contributed by atoms with van der Waals surface area (Å²) in [6, 6.07) is 17.7. The van der Waals surface area contributed by atoms with E-state index in [-0.39, 0.29) is 5.52 Å². The molecule has 0 spiro atoms. The minimum atomic E-state index is -4.46. The van der Waals surface area contributed by atoms with E-state index in [2.05, 4.69) is 15.3 Å². The number of anilines is 2. The predicted molar refractivity (Wildman–Crippen MR) is 113 cm³/mol. The van der Waals surface area contributed by atoms with Crippen molar-refractivity contribution >= 4 is 22.5 Å². The average Bonchev–Trinajstić information content (AvgIpc) is 2.78. The standard InChI is InChI=1S/C23H18F3N3O2/c1-30-19-11-9-16(13-20(19)31-2)27-22-21(14-6-4-3-5-7-14)28-18-12-15(23(24,25)26)8-10-17(18)29-22/h3-13H,1-2H3,(H,27,29). The molecule has 0 unspecified atom stereocenters. The minimum Gasteiger partial charge on any atom is -0.493 e. The van der Waals surface area contributed by atoms with E-state index >= 15 is 0 Å². The fraction of sp³-hybridized carbons (Fsp3) is 0.130. The molecular weight excluding hydrogens is 407 g/mol. The molecule has 1 heterocycles. The smallest absolute Gasteiger partial charge is 0.416 e. The van der Waals surface area contributed by atoms with E-state index in [9.17, 15) is 13.2 Å². The maximum absolute atomic E-state index is 13.2. The number of benzene rings is 3. The van der Waals surface area contributed by atoms with Gasteiger partial charge in [-0.15, -0.1) is 0 Å². The molecule has 31 heavy (non-hydrogen) atoms. The summed E-state index contributed by atoms with van der Waals surface area (Å²) in [5.41, 5.74) is 1.55. The van der Waals surface area contributed by atoms with Crippen LogP contribution in [0.15, 0.2) is 66.7 Å². The summed E-state index contributed by atoms with van der Waals surface area (Å²) in [5.74, 6) is 1.50. The van der Waals surface area contributed by atoms with Crippen LogP contribution in [0.4, 0.5) is 24.7 Å². The Morgan fingerprint density at radius 3 is 2.19 bits per heavy atom. The first kappa shape index (κ1) is 20.5. The van der Waals surface area contributed by atoms with Crippen LogP contribution in [0.5, 0.6) is 11.5 Å². The lowest BCUT2D eigenvalue weighted by molar-refractivity contribution is -0.137. The van der Waals surface area contributed by atoms with Gasteiger partial charge in [0.25, 0.3) is 0 Å². The second-order valence-corrected chi connectivity index (χ2v) is 6.68. The zero-order valence-electron chi connectivity index (χ0n) is 16.7. The summed E-state index contributed by atoms with van der Waals surface area (Å²) in [6.45, 7) is 0. The monoisotopic (exact) mass is 425 g/mol. The Kier molecular flexibility index (Phi) is 5.37. The summed E-state index contributed by atoms with van der Waals surface area (Å²) in [5, 5.41) is 3.20. The van der Waals surface area contributed by atoms with Crippen LogP contribution < -0.4 is 14.8 Å². The molecule has 3 aromatic carbocycles. The zero-order valence-corrected chi connectivity index (χ0v) is 16.7. The van der Waals surface area contributed by atoms with Crippen LogP contribution in [-0.4, -0.2) is 24.2 Å². The maximum Gasteiger partial charge on any atom is 0.416 e. The number of ether oxygens (including phenoxy) is 2. The highest BCUT2D eigenvalue weighted by atomic mass is 19.4. The van der Waals surface area contributed by atoms with Gasteiger partial charge >= 0.3 is 6.18 Å². The predicted octanol–water partition coefficient (Wildman–Crippen LogP) is 6.08. The number of alkyl halides is 3. The molecule has 158 valence electrons. The number of nitrogens with zero attached hydrogens (tertiary/aromatic N) is 2. The quantitative estimate of drug-likeness (QED) is 0.420. The van der Waals surface area contributed by atoms with E-state index in [0.717, 1.165) is 17.7 Å². The molecule has 0 bridgehead atoms. The number of nitrogens with one attached hydrogen (secondary N) is 1. The van der Waals surface area contributed by atoms with Crippen molar-refractivity contribution in [3.63, 3.8) is 0 Å². The Morgan fingerprint density at radius 1 is 0.774 bits per heavy atom. The summed E-state index contributed by atoms with van der Waals surface area (Å²) >= 11 is 0. The number of methoxy groups -OCH3 is 2. The number of halogens is 3. The Bertz CT molecular complexity index is 1230. The number of hydrogen-bond acceptors (Lipinski definition) is 5. The first-order valence-electron chi connectivity index (χ1n) is 9.32. The molecule has 0 saturated carbocycles. The van der Waals surface area contributed by atoms with Gasteiger partial charge in [-0.3, -0.25) is 0 Å².